The number of carbonyl (C=O) groups excluding carboxylic acids is 1. The van der Waals surface area contributed by atoms with E-state index in [0.29, 0.717) is 31.4 Å². The third-order valence-corrected chi connectivity index (χ3v) is 4.73. The lowest BCUT2D eigenvalue weighted by atomic mass is 10.3. The van der Waals surface area contributed by atoms with Crippen molar-refractivity contribution in [3.8, 4) is 5.75 Å². The number of rotatable bonds is 10. The number of nitrogens with zero attached hydrogens (tertiary/aromatic N) is 3. The second-order valence-electron chi connectivity index (χ2n) is 5.81. The van der Waals surface area contributed by atoms with E-state index in [-0.39, 0.29) is 5.91 Å². The monoisotopic (exact) mass is 358 g/mol. The molecule has 1 aromatic heterocycles. The molecule has 7 heteroatoms. The molecule has 0 spiro atoms. The molecule has 3 rings (SSSR count). The zero-order valence-corrected chi connectivity index (χ0v) is 14.9. The number of thioether (sulfide) groups is 1. The van der Waals surface area contributed by atoms with E-state index in [1.165, 1.54) is 24.6 Å². The lowest BCUT2D eigenvalue weighted by Crippen LogP contribution is -2.29. The summed E-state index contributed by atoms with van der Waals surface area (Å²) in [4.78, 5) is 12.0. The zero-order valence-electron chi connectivity index (χ0n) is 14.1. The molecule has 0 radical (unpaired) electrons. The number of carbonyl (C=O) groups is 1. The number of amides is 1. The summed E-state index contributed by atoms with van der Waals surface area (Å²) in [6, 6.07) is 9.55. The topological polar surface area (TPSA) is 69.0 Å². The van der Waals surface area contributed by atoms with Gasteiger partial charge in [0.15, 0.2) is 5.16 Å². The van der Waals surface area contributed by atoms with Gasteiger partial charge in [-0.05, 0) is 25.0 Å². The molecule has 6 nitrogen and oxygen atoms in total. The molecule has 1 aliphatic carbocycles. The Morgan fingerprint density at radius 3 is 2.88 bits per heavy atom. The minimum atomic E-state index is -0.0391. The van der Waals surface area contributed by atoms with Gasteiger partial charge in [-0.3, -0.25) is 4.79 Å². The molecule has 1 N–H and O–H groups in total. The van der Waals surface area contributed by atoms with Crippen molar-refractivity contribution in [3.05, 3.63) is 48.8 Å². The van der Waals surface area contributed by atoms with E-state index >= 15 is 0 Å². The molecule has 25 heavy (non-hydrogen) atoms. The summed E-state index contributed by atoms with van der Waals surface area (Å²) in [5, 5.41) is 12.1. The first-order chi connectivity index (χ1) is 12.3. The van der Waals surface area contributed by atoms with Crippen molar-refractivity contribution in [1.82, 2.24) is 20.1 Å². The van der Waals surface area contributed by atoms with Gasteiger partial charge < -0.3 is 14.6 Å². The minimum absolute atomic E-state index is 0.0391. The normalized spacial score (nSPS) is 13.4. The van der Waals surface area contributed by atoms with Crippen LogP contribution in [0.4, 0.5) is 0 Å². The Bertz CT molecular complexity index is 713. The number of hydrogen-bond acceptors (Lipinski definition) is 5. The van der Waals surface area contributed by atoms with Crippen molar-refractivity contribution in [2.75, 3.05) is 18.9 Å². The first-order valence-electron chi connectivity index (χ1n) is 8.39. The van der Waals surface area contributed by atoms with Crippen LogP contribution < -0.4 is 10.1 Å². The van der Waals surface area contributed by atoms with Crippen LogP contribution >= 0.6 is 11.8 Å². The number of aromatic nitrogens is 3. The summed E-state index contributed by atoms with van der Waals surface area (Å²) in [5.41, 5.74) is 0. The number of benzene rings is 1. The molecule has 1 aromatic carbocycles. The van der Waals surface area contributed by atoms with Crippen molar-refractivity contribution in [2.45, 2.75) is 30.5 Å². The molecule has 132 valence electrons. The van der Waals surface area contributed by atoms with Gasteiger partial charge in [0.05, 0.1) is 12.3 Å². The second-order valence-corrected chi connectivity index (χ2v) is 6.76. The Balaban J connectivity index is 1.41. The van der Waals surface area contributed by atoms with Crippen LogP contribution in [0.5, 0.6) is 5.75 Å². The SMILES string of the molecule is C=CCn1c(SCC(=O)NCCOc2ccccc2)nnc1C1CC1. The Labute approximate surface area is 151 Å². The van der Waals surface area contributed by atoms with Crippen LogP contribution in [0, 0.1) is 0 Å². The molecular formula is C18H22N4O2S. The Hall–Kier alpha value is -2.28. The third-order valence-electron chi connectivity index (χ3n) is 3.77. The fourth-order valence-electron chi connectivity index (χ4n) is 2.41. The zero-order chi connectivity index (χ0) is 17.5. The van der Waals surface area contributed by atoms with Crippen LogP contribution in [-0.2, 0) is 11.3 Å². The fraction of sp³-hybridized carbons (Fsp3) is 0.389. The Morgan fingerprint density at radius 1 is 1.36 bits per heavy atom. The second kappa shape index (κ2) is 8.71. The average Bonchev–Trinajstić information content (AvgIpc) is 3.40. The quantitative estimate of drug-likeness (QED) is 0.402. The summed E-state index contributed by atoms with van der Waals surface area (Å²) in [7, 11) is 0. The lowest BCUT2D eigenvalue weighted by Gasteiger charge is -2.08. The van der Waals surface area contributed by atoms with E-state index < -0.39 is 0 Å². The average molecular weight is 358 g/mol. The van der Waals surface area contributed by atoms with E-state index in [1.807, 2.05) is 36.4 Å². The smallest absolute Gasteiger partial charge is 0.230 e. The maximum Gasteiger partial charge on any atom is 0.230 e. The van der Waals surface area contributed by atoms with E-state index in [1.54, 1.807) is 0 Å². The number of nitrogens with one attached hydrogen (secondary N) is 1. The van der Waals surface area contributed by atoms with Crippen LogP contribution in [0.2, 0.25) is 0 Å². The van der Waals surface area contributed by atoms with Gasteiger partial charge >= 0.3 is 0 Å². The van der Waals surface area contributed by atoms with Crippen LogP contribution in [0.25, 0.3) is 0 Å². The van der Waals surface area contributed by atoms with Crippen molar-refractivity contribution in [3.63, 3.8) is 0 Å². The molecule has 0 aliphatic heterocycles. The van der Waals surface area contributed by atoms with Gasteiger partial charge in [0.1, 0.15) is 18.2 Å². The summed E-state index contributed by atoms with van der Waals surface area (Å²) >= 11 is 1.40. The molecule has 1 saturated carbocycles. The largest absolute Gasteiger partial charge is 0.492 e. The minimum Gasteiger partial charge on any atom is -0.492 e. The maximum atomic E-state index is 12.0. The molecular weight excluding hydrogens is 336 g/mol. The van der Waals surface area contributed by atoms with Crippen LogP contribution in [0.3, 0.4) is 0 Å². The standard InChI is InChI=1S/C18H22N4O2S/c1-2-11-22-17(14-8-9-14)20-21-18(22)25-13-16(23)19-10-12-24-15-6-4-3-5-7-15/h2-7,14H,1,8-13H2,(H,19,23). The molecule has 0 unspecified atom stereocenters. The molecule has 1 amide bonds. The molecule has 0 bridgehead atoms. The Morgan fingerprint density at radius 2 is 2.16 bits per heavy atom. The summed E-state index contributed by atoms with van der Waals surface area (Å²) < 4.78 is 7.60. The van der Waals surface area contributed by atoms with Gasteiger partial charge in [-0.1, -0.05) is 36.0 Å². The van der Waals surface area contributed by atoms with E-state index in [2.05, 4.69) is 26.7 Å². The molecule has 0 saturated heterocycles. The number of para-hydroxylation sites is 1. The van der Waals surface area contributed by atoms with Gasteiger partial charge in [0.25, 0.3) is 0 Å². The molecule has 1 aliphatic rings. The third kappa shape index (κ3) is 5.09. The first-order valence-corrected chi connectivity index (χ1v) is 9.38. The van der Waals surface area contributed by atoms with Gasteiger partial charge in [0, 0.05) is 12.5 Å². The van der Waals surface area contributed by atoms with Crippen LogP contribution in [0.1, 0.15) is 24.6 Å². The van der Waals surface area contributed by atoms with Crippen molar-refractivity contribution in [2.24, 2.45) is 0 Å². The first kappa shape index (κ1) is 17.5. The van der Waals surface area contributed by atoms with Crippen molar-refractivity contribution in [1.29, 1.82) is 0 Å². The molecule has 2 aromatic rings. The van der Waals surface area contributed by atoms with Crippen LogP contribution in [-0.4, -0.2) is 39.6 Å². The number of allylic oxidation sites excluding steroid dienone is 1. The molecule has 0 atom stereocenters. The number of ether oxygens (including phenoxy) is 1. The van der Waals surface area contributed by atoms with E-state index in [9.17, 15) is 4.79 Å². The number of hydrogen-bond donors (Lipinski definition) is 1. The highest BCUT2D eigenvalue weighted by molar-refractivity contribution is 7.99. The van der Waals surface area contributed by atoms with Gasteiger partial charge in [0.2, 0.25) is 5.91 Å². The van der Waals surface area contributed by atoms with Gasteiger partial charge in [-0.2, -0.15) is 0 Å². The predicted octanol–water partition coefficient (Wildman–Crippen LogP) is 2.63. The lowest BCUT2D eigenvalue weighted by molar-refractivity contribution is -0.118. The summed E-state index contributed by atoms with van der Waals surface area (Å²) in [6.45, 7) is 5.38. The summed E-state index contributed by atoms with van der Waals surface area (Å²) in [5.74, 6) is 2.61. The van der Waals surface area contributed by atoms with Gasteiger partial charge in [-0.25, -0.2) is 0 Å². The molecule has 1 fully saturated rings. The maximum absolute atomic E-state index is 12.0. The van der Waals surface area contributed by atoms with Gasteiger partial charge in [-0.15, -0.1) is 16.8 Å². The highest BCUT2D eigenvalue weighted by Gasteiger charge is 2.30. The Kier molecular flexibility index (Phi) is 6.11. The highest BCUT2D eigenvalue weighted by Crippen LogP contribution is 2.40. The molecule has 1 heterocycles. The predicted molar refractivity (Wildman–Crippen MR) is 97.9 cm³/mol. The van der Waals surface area contributed by atoms with Crippen molar-refractivity contribution < 1.29 is 9.53 Å². The van der Waals surface area contributed by atoms with E-state index in [0.717, 1.165) is 16.7 Å². The van der Waals surface area contributed by atoms with Crippen LogP contribution in [0.15, 0.2) is 48.1 Å². The van der Waals surface area contributed by atoms with Crippen molar-refractivity contribution >= 4 is 17.7 Å². The highest BCUT2D eigenvalue weighted by atomic mass is 32.2. The van der Waals surface area contributed by atoms with E-state index in [4.69, 9.17) is 4.74 Å². The fourth-order valence-corrected chi connectivity index (χ4v) is 3.19. The summed E-state index contributed by atoms with van der Waals surface area (Å²) in [6.07, 6.45) is 4.17.